The monoisotopic (exact) mass is 601 g/mol. The summed E-state index contributed by atoms with van der Waals surface area (Å²) in [6.07, 6.45) is 3.44. The first-order valence-corrected chi connectivity index (χ1v) is 15.4. The molecule has 0 radical (unpaired) electrons. The van der Waals surface area contributed by atoms with Gasteiger partial charge in [-0.2, -0.15) is 0 Å². The van der Waals surface area contributed by atoms with Crippen LogP contribution >= 0.6 is 0 Å². The van der Waals surface area contributed by atoms with Crippen LogP contribution in [0.2, 0.25) is 0 Å². The summed E-state index contributed by atoms with van der Waals surface area (Å²) in [6, 6.07) is 14.4. The van der Waals surface area contributed by atoms with Gasteiger partial charge in [0.1, 0.15) is 17.2 Å². The van der Waals surface area contributed by atoms with Gasteiger partial charge in [0, 0.05) is 42.5 Å². The summed E-state index contributed by atoms with van der Waals surface area (Å²) in [5.74, 6) is -0.549. The number of piperidine rings is 1. The molecule has 44 heavy (non-hydrogen) atoms. The number of aliphatic carboxylic acids is 1. The molecule has 3 heterocycles. The van der Waals surface area contributed by atoms with Gasteiger partial charge < -0.3 is 23.9 Å². The fourth-order valence-corrected chi connectivity index (χ4v) is 5.96. The number of carboxylic acids is 1. The molecule has 4 aromatic rings. The van der Waals surface area contributed by atoms with Crippen LogP contribution in [-0.4, -0.2) is 45.8 Å². The predicted molar refractivity (Wildman–Crippen MR) is 172 cm³/mol. The van der Waals surface area contributed by atoms with E-state index in [-0.39, 0.29) is 11.2 Å². The third-order valence-electron chi connectivity index (χ3n) is 8.40. The normalized spacial score (nSPS) is 15.9. The number of pyridine rings is 1. The maximum atomic E-state index is 13.3. The molecular formula is C36H44FN3O4. The van der Waals surface area contributed by atoms with Crippen molar-refractivity contribution >= 4 is 17.3 Å². The Morgan fingerprint density at radius 3 is 2.27 bits per heavy atom. The molecular weight excluding hydrogens is 557 g/mol. The van der Waals surface area contributed by atoms with Gasteiger partial charge in [-0.05, 0) is 88.3 Å². The zero-order valence-corrected chi connectivity index (χ0v) is 26.9. The summed E-state index contributed by atoms with van der Waals surface area (Å²) in [5.41, 5.74) is 6.32. The van der Waals surface area contributed by atoms with E-state index in [2.05, 4.69) is 18.7 Å². The molecule has 0 unspecified atom stereocenters. The van der Waals surface area contributed by atoms with Crippen LogP contribution in [0.4, 0.5) is 10.1 Å². The lowest BCUT2D eigenvalue weighted by molar-refractivity contribution is -0.160. The van der Waals surface area contributed by atoms with Crippen molar-refractivity contribution in [3.63, 3.8) is 0 Å². The number of carbonyl (C=O) groups is 1. The van der Waals surface area contributed by atoms with E-state index in [0.29, 0.717) is 18.6 Å². The van der Waals surface area contributed by atoms with Gasteiger partial charge in [-0.1, -0.05) is 38.1 Å². The summed E-state index contributed by atoms with van der Waals surface area (Å²) in [6.45, 7) is 16.2. The number of hydrogen-bond acceptors (Lipinski definition) is 5. The second-order valence-corrected chi connectivity index (χ2v) is 13.6. The number of aromatic nitrogens is 2. The Morgan fingerprint density at radius 1 is 1.05 bits per heavy atom. The second-order valence-electron chi connectivity index (χ2n) is 13.6. The molecule has 0 bridgehead atoms. The summed E-state index contributed by atoms with van der Waals surface area (Å²) >= 11 is 0. The number of ether oxygens (including phenoxy) is 2. The Bertz CT molecular complexity index is 1630. The maximum absolute atomic E-state index is 13.3. The van der Waals surface area contributed by atoms with Crippen molar-refractivity contribution in [1.29, 1.82) is 0 Å². The largest absolute Gasteiger partial charge is 0.493 e. The Kier molecular flexibility index (Phi) is 8.76. The smallest absolute Gasteiger partial charge is 0.337 e. The van der Waals surface area contributed by atoms with E-state index in [1.165, 1.54) is 12.1 Å². The molecule has 234 valence electrons. The third kappa shape index (κ3) is 6.91. The van der Waals surface area contributed by atoms with Crippen molar-refractivity contribution < 1.29 is 23.8 Å². The van der Waals surface area contributed by atoms with Crippen LogP contribution in [0, 0.1) is 25.1 Å². The highest BCUT2D eigenvalue weighted by molar-refractivity contribution is 5.94. The third-order valence-corrected chi connectivity index (χ3v) is 8.40. The number of carboxylic acid groups (broad SMARTS) is 1. The highest BCUT2D eigenvalue weighted by Gasteiger charge is 2.37. The standard InChI is InChI=1S/C36H44FN3O4/c1-23-22-40-24(2)29(32(34(41)42)44-35(3,4)5)31(39-19-17-36(6,7)18-20-39)30(33(40)38-23)26-10-14-28(15-11-26)43-21-16-25-8-12-27(37)13-9-25/h8-15,22,32H,16-21H2,1-7H3,(H,41,42)/t32-/m0/s1. The number of anilines is 1. The minimum atomic E-state index is -1.17. The lowest BCUT2D eigenvalue weighted by Gasteiger charge is -2.41. The van der Waals surface area contributed by atoms with Gasteiger partial charge in [0.2, 0.25) is 0 Å². The van der Waals surface area contributed by atoms with E-state index in [9.17, 15) is 14.3 Å². The summed E-state index contributed by atoms with van der Waals surface area (Å²) in [4.78, 5) is 20.2. The summed E-state index contributed by atoms with van der Waals surface area (Å²) < 4.78 is 27.6. The van der Waals surface area contributed by atoms with Crippen molar-refractivity contribution in [2.24, 2.45) is 5.41 Å². The molecule has 0 aliphatic carbocycles. The van der Waals surface area contributed by atoms with Crippen LogP contribution in [0.15, 0.2) is 54.7 Å². The van der Waals surface area contributed by atoms with Gasteiger partial charge in [-0.25, -0.2) is 14.2 Å². The fraction of sp³-hybridized carbons (Fsp3) is 0.444. The highest BCUT2D eigenvalue weighted by Crippen LogP contribution is 2.46. The Morgan fingerprint density at radius 2 is 1.68 bits per heavy atom. The Labute approximate surface area is 259 Å². The molecule has 1 N–H and O–H groups in total. The SMILES string of the molecule is Cc1cn2c(C)c([C@H](OC(C)(C)C)C(=O)O)c(N3CCC(C)(C)CC3)c(-c3ccc(OCCc4ccc(F)cc4)cc3)c2n1. The van der Waals surface area contributed by atoms with Gasteiger partial charge >= 0.3 is 5.97 Å². The number of rotatable bonds is 9. The first-order valence-electron chi connectivity index (χ1n) is 15.4. The molecule has 1 atom stereocenters. The van der Waals surface area contributed by atoms with Crippen LogP contribution in [0.1, 0.15) is 76.1 Å². The molecule has 2 aromatic carbocycles. The number of hydrogen-bond donors (Lipinski definition) is 1. The average molecular weight is 602 g/mol. The summed E-state index contributed by atoms with van der Waals surface area (Å²) in [5, 5.41) is 10.6. The topological polar surface area (TPSA) is 76.3 Å². The lowest BCUT2D eigenvalue weighted by Crippen LogP contribution is -2.39. The van der Waals surface area contributed by atoms with Crippen LogP contribution in [0.25, 0.3) is 16.8 Å². The van der Waals surface area contributed by atoms with Crippen molar-refractivity contribution in [3.05, 3.63) is 83.1 Å². The fourth-order valence-electron chi connectivity index (χ4n) is 5.96. The molecule has 0 saturated carbocycles. The molecule has 5 rings (SSSR count). The Hall–Kier alpha value is -3.91. The second kappa shape index (κ2) is 12.2. The number of aryl methyl sites for hydroxylation is 2. The van der Waals surface area contributed by atoms with E-state index in [0.717, 1.165) is 71.1 Å². The molecule has 0 amide bonds. The van der Waals surface area contributed by atoms with E-state index >= 15 is 0 Å². The van der Waals surface area contributed by atoms with Crippen LogP contribution in [-0.2, 0) is 16.0 Å². The molecule has 8 heteroatoms. The zero-order valence-electron chi connectivity index (χ0n) is 26.9. The van der Waals surface area contributed by atoms with Crippen LogP contribution in [0.3, 0.4) is 0 Å². The molecule has 1 aliphatic rings. The predicted octanol–water partition coefficient (Wildman–Crippen LogP) is 7.95. The maximum Gasteiger partial charge on any atom is 0.337 e. The van der Waals surface area contributed by atoms with E-state index < -0.39 is 17.7 Å². The van der Waals surface area contributed by atoms with E-state index in [1.54, 1.807) is 12.1 Å². The minimum absolute atomic E-state index is 0.209. The lowest BCUT2D eigenvalue weighted by atomic mass is 9.82. The van der Waals surface area contributed by atoms with Gasteiger partial charge in [-0.3, -0.25) is 0 Å². The van der Waals surface area contributed by atoms with Gasteiger partial charge in [0.25, 0.3) is 0 Å². The molecule has 7 nitrogen and oxygen atoms in total. The van der Waals surface area contributed by atoms with Gasteiger partial charge in [0.15, 0.2) is 6.10 Å². The highest BCUT2D eigenvalue weighted by atomic mass is 19.1. The minimum Gasteiger partial charge on any atom is -0.493 e. The van der Waals surface area contributed by atoms with Gasteiger partial charge in [0.05, 0.1) is 23.6 Å². The van der Waals surface area contributed by atoms with Crippen molar-refractivity contribution in [1.82, 2.24) is 9.38 Å². The Balaban J connectivity index is 1.61. The van der Waals surface area contributed by atoms with Crippen LogP contribution in [0.5, 0.6) is 5.75 Å². The first-order chi connectivity index (χ1) is 20.7. The van der Waals surface area contributed by atoms with Crippen molar-refractivity contribution in [2.45, 2.75) is 79.4 Å². The number of nitrogens with zero attached hydrogens (tertiary/aromatic N) is 3. The van der Waals surface area contributed by atoms with Crippen LogP contribution < -0.4 is 9.64 Å². The van der Waals surface area contributed by atoms with E-state index in [1.807, 2.05) is 69.5 Å². The average Bonchev–Trinajstić information content (AvgIpc) is 3.34. The first kappa shape index (κ1) is 31.5. The molecule has 2 aromatic heterocycles. The molecule has 0 spiro atoms. The molecule has 1 aliphatic heterocycles. The number of fused-ring (bicyclic) bond motifs is 1. The van der Waals surface area contributed by atoms with Crippen molar-refractivity contribution in [2.75, 3.05) is 24.6 Å². The van der Waals surface area contributed by atoms with Crippen molar-refractivity contribution in [3.8, 4) is 16.9 Å². The van der Waals surface area contributed by atoms with E-state index in [4.69, 9.17) is 14.5 Å². The number of benzene rings is 2. The summed E-state index contributed by atoms with van der Waals surface area (Å²) in [7, 11) is 0. The number of imidazole rings is 1. The van der Waals surface area contributed by atoms with Gasteiger partial charge in [-0.15, -0.1) is 0 Å². The zero-order chi connectivity index (χ0) is 31.8. The number of halogens is 1. The molecule has 1 fully saturated rings. The molecule has 1 saturated heterocycles. The quantitative estimate of drug-likeness (QED) is 0.210.